The molecule has 1 heterocycles. The van der Waals surface area contributed by atoms with Gasteiger partial charge in [0.1, 0.15) is 12.4 Å². The van der Waals surface area contributed by atoms with Crippen molar-refractivity contribution in [1.29, 1.82) is 0 Å². The van der Waals surface area contributed by atoms with Crippen LogP contribution in [-0.2, 0) is 11.3 Å². The quantitative estimate of drug-likeness (QED) is 0.508. The average molecular weight is 286 g/mol. The Kier molecular flexibility index (Phi) is 6.05. The summed E-state index contributed by atoms with van der Waals surface area (Å²) >= 11 is 0. The molecule has 8 nitrogen and oxygen atoms in total. The highest BCUT2D eigenvalue weighted by Crippen LogP contribution is 2.08. The molecule has 0 aliphatic carbocycles. The first-order valence-electron chi connectivity index (χ1n) is 6.53. The lowest BCUT2D eigenvalue weighted by atomic mass is 10.1. The third-order valence-electron chi connectivity index (χ3n) is 2.69. The maximum absolute atomic E-state index is 10.5. The fourth-order valence-electron chi connectivity index (χ4n) is 1.81. The monoisotopic (exact) mass is 286 g/mol. The number of nitro groups is 1. The van der Waals surface area contributed by atoms with Gasteiger partial charge >= 0.3 is 5.69 Å². The summed E-state index contributed by atoms with van der Waals surface area (Å²) in [4.78, 5) is 9.99. The predicted octanol–water partition coefficient (Wildman–Crippen LogP) is 0.557. The van der Waals surface area contributed by atoms with E-state index in [1.807, 2.05) is 20.8 Å². The molecule has 0 aliphatic rings. The van der Waals surface area contributed by atoms with Crippen LogP contribution in [0.25, 0.3) is 0 Å². The maximum Gasteiger partial charge on any atom is 0.306 e. The largest absolute Gasteiger partial charge is 0.390 e. The molecule has 0 amide bonds. The molecule has 1 atom stereocenters. The van der Waals surface area contributed by atoms with E-state index in [0.717, 1.165) is 0 Å². The van der Waals surface area contributed by atoms with Crippen LogP contribution in [0, 0.1) is 10.1 Å². The van der Waals surface area contributed by atoms with Crippen molar-refractivity contribution < 1.29 is 14.8 Å². The van der Waals surface area contributed by atoms with E-state index in [9.17, 15) is 15.2 Å². The van der Waals surface area contributed by atoms with Crippen molar-refractivity contribution in [3.63, 3.8) is 0 Å². The molecule has 0 radical (unpaired) electrons. The van der Waals surface area contributed by atoms with Crippen LogP contribution < -0.4 is 5.32 Å². The minimum atomic E-state index is -0.674. The highest BCUT2D eigenvalue weighted by atomic mass is 16.6. The molecule has 0 saturated carbocycles. The second-order valence-electron chi connectivity index (χ2n) is 5.16. The topological polar surface area (TPSA) is 102 Å². The zero-order valence-corrected chi connectivity index (χ0v) is 12.1. The van der Waals surface area contributed by atoms with Gasteiger partial charge in [-0.1, -0.05) is 0 Å². The Hall–Kier alpha value is -1.51. The van der Waals surface area contributed by atoms with E-state index in [0.29, 0.717) is 19.7 Å². The van der Waals surface area contributed by atoms with Gasteiger partial charge in [-0.15, -0.1) is 0 Å². The highest BCUT2D eigenvalue weighted by Gasteiger charge is 2.18. The third-order valence-corrected chi connectivity index (χ3v) is 2.69. The van der Waals surface area contributed by atoms with Crippen LogP contribution in [0.2, 0.25) is 0 Å². The molecule has 8 heteroatoms. The molecule has 20 heavy (non-hydrogen) atoms. The Morgan fingerprint density at radius 2 is 2.35 bits per heavy atom. The van der Waals surface area contributed by atoms with Crippen molar-refractivity contribution in [3.05, 3.63) is 22.5 Å². The molecule has 1 aromatic rings. The number of aliphatic hydroxyl groups is 1. The standard InChI is InChI=1S/C12H22N4O4/c1-4-20-12(2,3)9-13-6-11(17)8-15-7-10(5-14-15)16(18)19/h5,7,11,13,17H,4,6,8-9H2,1-3H3. The van der Waals surface area contributed by atoms with E-state index in [1.54, 1.807) is 0 Å². The van der Waals surface area contributed by atoms with Crippen molar-refractivity contribution in [2.24, 2.45) is 0 Å². The van der Waals surface area contributed by atoms with E-state index in [4.69, 9.17) is 4.74 Å². The number of aliphatic hydroxyl groups excluding tert-OH is 1. The summed E-state index contributed by atoms with van der Waals surface area (Å²) in [5, 5.41) is 27.3. The number of hydrogen-bond donors (Lipinski definition) is 2. The Bertz CT molecular complexity index is 433. The van der Waals surface area contributed by atoms with Crippen LogP contribution in [-0.4, -0.2) is 51.2 Å². The zero-order valence-electron chi connectivity index (χ0n) is 12.1. The molecular weight excluding hydrogens is 264 g/mol. The highest BCUT2D eigenvalue weighted by molar-refractivity contribution is 5.20. The number of rotatable bonds is 9. The van der Waals surface area contributed by atoms with Gasteiger partial charge < -0.3 is 15.2 Å². The molecule has 1 rings (SSSR count). The molecule has 0 fully saturated rings. The molecule has 0 saturated heterocycles. The first kappa shape index (κ1) is 16.5. The van der Waals surface area contributed by atoms with Gasteiger partial charge in [-0.05, 0) is 20.8 Å². The van der Waals surface area contributed by atoms with Crippen molar-refractivity contribution in [1.82, 2.24) is 15.1 Å². The molecule has 0 spiro atoms. The summed E-state index contributed by atoms with van der Waals surface area (Å²) in [6, 6.07) is 0. The van der Waals surface area contributed by atoms with Gasteiger partial charge in [-0.3, -0.25) is 14.8 Å². The van der Waals surface area contributed by atoms with Crippen LogP contribution in [0.5, 0.6) is 0 Å². The van der Waals surface area contributed by atoms with Gasteiger partial charge in [0.25, 0.3) is 0 Å². The lowest BCUT2D eigenvalue weighted by Crippen LogP contribution is -2.41. The van der Waals surface area contributed by atoms with Crippen LogP contribution in [0.1, 0.15) is 20.8 Å². The SMILES string of the molecule is CCOC(C)(C)CNCC(O)Cn1cc([N+](=O)[O-])cn1. The van der Waals surface area contributed by atoms with Crippen LogP contribution in [0.15, 0.2) is 12.4 Å². The average Bonchev–Trinajstić information content (AvgIpc) is 2.77. The number of nitrogens with zero attached hydrogens (tertiary/aromatic N) is 3. The second kappa shape index (κ2) is 7.32. The van der Waals surface area contributed by atoms with Crippen molar-refractivity contribution >= 4 is 5.69 Å². The van der Waals surface area contributed by atoms with E-state index in [1.165, 1.54) is 17.1 Å². The lowest BCUT2D eigenvalue weighted by Gasteiger charge is -2.25. The van der Waals surface area contributed by atoms with E-state index in [2.05, 4.69) is 10.4 Å². The fraction of sp³-hybridized carbons (Fsp3) is 0.750. The normalized spacial score (nSPS) is 13.4. The van der Waals surface area contributed by atoms with Gasteiger partial charge in [0.05, 0.1) is 23.2 Å². The Balaban J connectivity index is 2.32. The Morgan fingerprint density at radius 3 is 2.90 bits per heavy atom. The van der Waals surface area contributed by atoms with E-state index < -0.39 is 11.0 Å². The Morgan fingerprint density at radius 1 is 1.65 bits per heavy atom. The molecular formula is C12H22N4O4. The van der Waals surface area contributed by atoms with Crippen LogP contribution in [0.3, 0.4) is 0 Å². The van der Waals surface area contributed by atoms with Gasteiger partial charge in [-0.2, -0.15) is 5.10 Å². The minimum Gasteiger partial charge on any atom is -0.390 e. The number of aromatic nitrogens is 2. The summed E-state index contributed by atoms with van der Waals surface area (Å²) in [5.74, 6) is 0. The molecule has 114 valence electrons. The third kappa shape index (κ3) is 5.64. The molecule has 1 aromatic heterocycles. The smallest absolute Gasteiger partial charge is 0.306 e. The van der Waals surface area contributed by atoms with Gasteiger partial charge in [0.15, 0.2) is 0 Å². The first-order chi connectivity index (χ1) is 9.34. The summed E-state index contributed by atoms with van der Waals surface area (Å²) in [7, 11) is 0. The minimum absolute atomic E-state index is 0.0809. The molecule has 0 aromatic carbocycles. The maximum atomic E-state index is 10.5. The zero-order chi connectivity index (χ0) is 15.2. The number of hydrogen-bond acceptors (Lipinski definition) is 6. The second-order valence-corrected chi connectivity index (χ2v) is 5.16. The number of nitrogens with one attached hydrogen (secondary N) is 1. The van der Waals surface area contributed by atoms with E-state index in [-0.39, 0.29) is 17.8 Å². The first-order valence-corrected chi connectivity index (χ1v) is 6.53. The number of ether oxygens (including phenoxy) is 1. The molecule has 0 aliphatic heterocycles. The molecule has 1 unspecified atom stereocenters. The lowest BCUT2D eigenvalue weighted by molar-refractivity contribution is -0.385. The predicted molar refractivity (Wildman–Crippen MR) is 73.5 cm³/mol. The van der Waals surface area contributed by atoms with E-state index >= 15 is 0 Å². The molecule has 0 bridgehead atoms. The van der Waals surface area contributed by atoms with Gasteiger partial charge in [-0.25, -0.2) is 0 Å². The summed E-state index contributed by atoms with van der Waals surface area (Å²) < 4.78 is 6.88. The van der Waals surface area contributed by atoms with Crippen molar-refractivity contribution in [3.8, 4) is 0 Å². The van der Waals surface area contributed by atoms with Gasteiger partial charge in [0, 0.05) is 19.7 Å². The van der Waals surface area contributed by atoms with Crippen molar-refractivity contribution in [2.45, 2.75) is 39.0 Å². The Labute approximate surface area is 117 Å². The molecule has 2 N–H and O–H groups in total. The van der Waals surface area contributed by atoms with Crippen LogP contribution >= 0.6 is 0 Å². The van der Waals surface area contributed by atoms with Crippen LogP contribution in [0.4, 0.5) is 5.69 Å². The summed E-state index contributed by atoms with van der Waals surface area (Å²) in [6.45, 7) is 7.67. The van der Waals surface area contributed by atoms with Gasteiger partial charge in [0.2, 0.25) is 0 Å². The fourth-order valence-corrected chi connectivity index (χ4v) is 1.81. The summed E-state index contributed by atoms with van der Waals surface area (Å²) in [6.07, 6.45) is 1.79. The van der Waals surface area contributed by atoms with Crippen molar-refractivity contribution in [2.75, 3.05) is 19.7 Å². The summed E-state index contributed by atoms with van der Waals surface area (Å²) in [5.41, 5.74) is -0.374.